The number of nitrogens with zero attached hydrogens (tertiary/aromatic N) is 3. The molecule has 1 aliphatic carbocycles. The number of rotatable bonds is 6. The number of allylic oxidation sites excluding steroid dienone is 1. The Hall–Kier alpha value is -3.52. The van der Waals surface area contributed by atoms with Gasteiger partial charge in [-0.3, -0.25) is 4.79 Å². The number of amides is 1. The number of piperidine rings is 1. The van der Waals surface area contributed by atoms with Gasteiger partial charge in [0, 0.05) is 25.0 Å². The molecule has 0 atom stereocenters. The third kappa shape index (κ3) is 4.33. The van der Waals surface area contributed by atoms with Gasteiger partial charge in [0.2, 0.25) is 0 Å². The van der Waals surface area contributed by atoms with E-state index in [1.54, 1.807) is 42.5 Å². The Kier molecular flexibility index (Phi) is 5.91. The van der Waals surface area contributed by atoms with E-state index in [2.05, 4.69) is 56.8 Å². The highest BCUT2D eigenvalue weighted by atomic mass is 32.2. The molecule has 8 heteroatoms. The summed E-state index contributed by atoms with van der Waals surface area (Å²) in [4.78, 5) is 14.9. The largest absolute Gasteiger partial charge is 0.355 e. The second-order valence-electron chi connectivity index (χ2n) is 8.73. The summed E-state index contributed by atoms with van der Waals surface area (Å²) in [5.74, 6) is 0.127. The van der Waals surface area contributed by atoms with Crippen molar-refractivity contribution in [2.24, 2.45) is 0 Å². The molecule has 1 N–H and O–H groups in total. The van der Waals surface area contributed by atoms with E-state index in [0.29, 0.717) is 0 Å². The van der Waals surface area contributed by atoms with E-state index in [1.165, 1.54) is 11.1 Å². The lowest BCUT2D eigenvalue weighted by Gasteiger charge is -2.39. The van der Waals surface area contributed by atoms with E-state index in [1.807, 2.05) is 0 Å². The second kappa shape index (κ2) is 9.02. The summed E-state index contributed by atoms with van der Waals surface area (Å²) in [5.41, 5.74) is 2.98. The molecule has 1 spiro atoms. The van der Waals surface area contributed by atoms with Crippen LogP contribution in [0.15, 0.2) is 77.7 Å². The van der Waals surface area contributed by atoms with Crippen LogP contribution >= 0.6 is 0 Å². The molecule has 1 aromatic heterocycles. The van der Waals surface area contributed by atoms with Crippen LogP contribution in [0.25, 0.3) is 6.08 Å². The first-order valence-electron chi connectivity index (χ1n) is 11.4. The van der Waals surface area contributed by atoms with Crippen LogP contribution in [0.4, 0.5) is 5.82 Å². The van der Waals surface area contributed by atoms with Crippen LogP contribution in [0, 0.1) is 0 Å². The maximum Gasteiger partial charge on any atom is 0.271 e. The molecule has 34 heavy (non-hydrogen) atoms. The minimum atomic E-state index is -3.45. The van der Waals surface area contributed by atoms with Gasteiger partial charge in [-0.05, 0) is 48.2 Å². The molecule has 1 amide bonds. The zero-order valence-corrected chi connectivity index (χ0v) is 19.5. The summed E-state index contributed by atoms with van der Waals surface area (Å²) in [6.45, 7) is 1.72. The maximum atomic E-state index is 12.4. The molecule has 0 bridgehead atoms. The highest BCUT2D eigenvalue weighted by molar-refractivity contribution is 7.91. The van der Waals surface area contributed by atoms with E-state index in [0.717, 1.165) is 31.7 Å². The van der Waals surface area contributed by atoms with Crippen LogP contribution in [0.2, 0.25) is 0 Å². The number of carbonyl (C=O) groups excluding carboxylic acids is 1. The third-order valence-corrected chi connectivity index (χ3v) is 8.43. The normalized spacial score (nSPS) is 16.4. The van der Waals surface area contributed by atoms with Gasteiger partial charge < -0.3 is 10.2 Å². The first kappa shape index (κ1) is 22.3. The number of fused-ring (bicyclic) bond motifs is 2. The average Bonchev–Trinajstić information content (AvgIpc) is 3.23. The summed E-state index contributed by atoms with van der Waals surface area (Å²) in [6, 6.07) is 20.2. The van der Waals surface area contributed by atoms with Gasteiger partial charge in [0.25, 0.3) is 5.91 Å². The Morgan fingerprint density at radius 3 is 2.41 bits per heavy atom. The molecule has 174 valence electrons. The first-order valence-corrected chi connectivity index (χ1v) is 13.1. The zero-order chi connectivity index (χ0) is 23.6. The number of nitrogens with one attached hydrogen (secondary N) is 1. The summed E-state index contributed by atoms with van der Waals surface area (Å²) < 4.78 is 24.7. The van der Waals surface area contributed by atoms with Crippen molar-refractivity contribution in [2.45, 2.75) is 23.2 Å². The summed E-state index contributed by atoms with van der Waals surface area (Å²) >= 11 is 0. The number of carbonyl (C=O) groups is 1. The molecule has 1 fully saturated rings. The molecule has 1 saturated heterocycles. The fraction of sp³-hybridized carbons (Fsp3) is 0.269. The minimum absolute atomic E-state index is 0.00267. The lowest BCUT2D eigenvalue weighted by Crippen LogP contribution is -2.41. The van der Waals surface area contributed by atoms with Gasteiger partial charge in [-0.25, -0.2) is 8.42 Å². The number of benzene rings is 2. The maximum absolute atomic E-state index is 12.4. The number of aromatic nitrogens is 2. The average molecular weight is 475 g/mol. The SMILES string of the molecule is O=C(NCCS(=O)(=O)c1ccccc1)c1ccc(N2CCC3(C=Cc4ccccc43)CC2)nn1. The van der Waals surface area contributed by atoms with E-state index >= 15 is 0 Å². The van der Waals surface area contributed by atoms with Crippen molar-refractivity contribution >= 4 is 27.6 Å². The number of anilines is 1. The van der Waals surface area contributed by atoms with Crippen LogP contribution in [-0.2, 0) is 15.3 Å². The Morgan fingerprint density at radius 2 is 1.68 bits per heavy atom. The van der Waals surface area contributed by atoms with E-state index in [-0.39, 0.29) is 28.3 Å². The highest BCUT2D eigenvalue weighted by Gasteiger charge is 2.38. The smallest absolute Gasteiger partial charge is 0.271 e. The number of hydrogen-bond acceptors (Lipinski definition) is 6. The molecular formula is C26H26N4O3S. The van der Waals surface area contributed by atoms with Gasteiger partial charge in [-0.15, -0.1) is 10.2 Å². The second-order valence-corrected chi connectivity index (χ2v) is 10.8. The Morgan fingerprint density at radius 1 is 0.941 bits per heavy atom. The molecular weight excluding hydrogens is 448 g/mol. The quantitative estimate of drug-likeness (QED) is 0.590. The van der Waals surface area contributed by atoms with Crippen LogP contribution in [0.5, 0.6) is 0 Å². The molecule has 0 radical (unpaired) electrons. The van der Waals surface area contributed by atoms with E-state index < -0.39 is 15.7 Å². The van der Waals surface area contributed by atoms with E-state index in [9.17, 15) is 13.2 Å². The predicted octanol–water partition coefficient (Wildman–Crippen LogP) is 3.25. The molecule has 3 aromatic rings. The lowest BCUT2D eigenvalue weighted by molar-refractivity contribution is 0.0950. The predicted molar refractivity (Wildman–Crippen MR) is 131 cm³/mol. The van der Waals surface area contributed by atoms with Crippen molar-refractivity contribution in [3.63, 3.8) is 0 Å². The Bertz CT molecular complexity index is 1310. The summed E-state index contributed by atoms with van der Waals surface area (Å²) in [7, 11) is -3.45. The van der Waals surface area contributed by atoms with Crippen molar-refractivity contribution < 1.29 is 13.2 Å². The summed E-state index contributed by atoms with van der Waals surface area (Å²) in [6.07, 6.45) is 6.57. The van der Waals surface area contributed by atoms with Crippen molar-refractivity contribution in [3.05, 3.63) is 89.6 Å². The van der Waals surface area contributed by atoms with Crippen molar-refractivity contribution in [1.29, 1.82) is 0 Å². The first-order chi connectivity index (χ1) is 16.5. The molecule has 0 unspecified atom stereocenters. The molecule has 2 heterocycles. The van der Waals surface area contributed by atoms with Gasteiger partial charge in [-0.1, -0.05) is 54.6 Å². The van der Waals surface area contributed by atoms with Crippen LogP contribution in [0.1, 0.15) is 34.5 Å². The van der Waals surface area contributed by atoms with Crippen molar-refractivity contribution in [1.82, 2.24) is 15.5 Å². The van der Waals surface area contributed by atoms with Crippen molar-refractivity contribution in [3.8, 4) is 0 Å². The highest BCUT2D eigenvalue weighted by Crippen LogP contribution is 2.44. The molecule has 7 nitrogen and oxygen atoms in total. The van der Waals surface area contributed by atoms with Gasteiger partial charge in [-0.2, -0.15) is 0 Å². The van der Waals surface area contributed by atoms with Crippen LogP contribution in [-0.4, -0.2) is 49.9 Å². The van der Waals surface area contributed by atoms with Crippen LogP contribution < -0.4 is 10.2 Å². The van der Waals surface area contributed by atoms with Crippen LogP contribution in [0.3, 0.4) is 0 Å². The van der Waals surface area contributed by atoms with E-state index in [4.69, 9.17) is 0 Å². The Balaban J connectivity index is 1.16. The topological polar surface area (TPSA) is 92.3 Å². The Labute approximate surface area is 199 Å². The molecule has 1 aliphatic heterocycles. The standard InChI is InChI=1S/C26H26N4O3S/c31-25(27-16-19-34(32,33)21-7-2-1-3-8-21)23-10-11-24(29-28-23)30-17-14-26(15-18-30)13-12-20-6-4-5-9-22(20)26/h1-13H,14-19H2,(H,27,31). The molecule has 2 aliphatic rings. The monoisotopic (exact) mass is 474 g/mol. The summed E-state index contributed by atoms with van der Waals surface area (Å²) in [5, 5.41) is 11.0. The van der Waals surface area contributed by atoms with Gasteiger partial charge >= 0.3 is 0 Å². The zero-order valence-electron chi connectivity index (χ0n) is 18.7. The third-order valence-electron chi connectivity index (χ3n) is 6.70. The molecule has 2 aromatic carbocycles. The lowest BCUT2D eigenvalue weighted by atomic mass is 9.74. The fourth-order valence-electron chi connectivity index (χ4n) is 4.76. The van der Waals surface area contributed by atoms with Gasteiger partial charge in [0.15, 0.2) is 21.3 Å². The molecule has 0 saturated carbocycles. The fourth-order valence-corrected chi connectivity index (χ4v) is 5.93. The van der Waals surface area contributed by atoms with Gasteiger partial charge in [0.05, 0.1) is 10.6 Å². The molecule has 5 rings (SSSR count). The minimum Gasteiger partial charge on any atom is -0.355 e. The number of hydrogen-bond donors (Lipinski definition) is 1. The number of sulfone groups is 1. The van der Waals surface area contributed by atoms with Gasteiger partial charge in [0.1, 0.15) is 0 Å². The van der Waals surface area contributed by atoms with Crippen molar-refractivity contribution in [2.75, 3.05) is 30.3 Å².